The Morgan fingerprint density at radius 3 is 2.63 bits per heavy atom. The number of ether oxygens (including phenoxy) is 1. The lowest BCUT2D eigenvalue weighted by Gasteiger charge is -2.60. The maximum absolute atomic E-state index is 13.0. The summed E-state index contributed by atoms with van der Waals surface area (Å²) >= 11 is 0. The van der Waals surface area contributed by atoms with Crippen molar-refractivity contribution in [1.29, 1.82) is 0 Å². The highest BCUT2D eigenvalue weighted by molar-refractivity contribution is 5.89. The smallest absolute Gasteiger partial charge is 0.246 e. The number of amides is 2. The molecule has 4 fully saturated rings. The van der Waals surface area contributed by atoms with Crippen molar-refractivity contribution in [2.45, 2.75) is 64.8 Å². The molecule has 2 aliphatic heterocycles. The quantitative estimate of drug-likeness (QED) is 0.695. The molecule has 5 nitrogen and oxygen atoms in total. The molecule has 7 atom stereocenters. The van der Waals surface area contributed by atoms with Gasteiger partial charge >= 0.3 is 0 Å². The summed E-state index contributed by atoms with van der Waals surface area (Å²) < 4.78 is 5.43. The summed E-state index contributed by atoms with van der Waals surface area (Å²) in [7, 11) is 1.99. The molecule has 3 aliphatic carbocycles. The Kier molecular flexibility index (Phi) is 5.04. The van der Waals surface area contributed by atoms with Gasteiger partial charge in [-0.05, 0) is 73.7 Å². The van der Waals surface area contributed by atoms with E-state index < -0.39 is 0 Å². The molecule has 5 heteroatoms. The van der Waals surface area contributed by atoms with Gasteiger partial charge in [0, 0.05) is 38.0 Å². The second-order valence-electron chi connectivity index (χ2n) is 11.1. The minimum atomic E-state index is 0.106. The van der Waals surface area contributed by atoms with E-state index in [2.05, 4.69) is 19.9 Å². The van der Waals surface area contributed by atoms with E-state index in [0.29, 0.717) is 42.4 Å². The first kappa shape index (κ1) is 20.5. The first-order valence-corrected chi connectivity index (χ1v) is 12.2. The summed E-state index contributed by atoms with van der Waals surface area (Å²) in [5, 5.41) is 0. The van der Waals surface area contributed by atoms with Gasteiger partial charge < -0.3 is 14.5 Å². The zero-order valence-electron chi connectivity index (χ0n) is 18.9. The van der Waals surface area contributed by atoms with Crippen molar-refractivity contribution in [3.63, 3.8) is 0 Å². The summed E-state index contributed by atoms with van der Waals surface area (Å²) in [6, 6.07) is 0.348. The van der Waals surface area contributed by atoms with Gasteiger partial charge in [-0.1, -0.05) is 19.9 Å². The van der Waals surface area contributed by atoms with Gasteiger partial charge in [0.2, 0.25) is 11.8 Å². The SMILES string of the molecule is CN1C(=O)C=C[C@]2(C)[C@H]3CC[C@]4(C)[C@@H](CC(=O)N5CCOCC5)CC[C@H]4[C@@H]3CC[C@@H]12. The van der Waals surface area contributed by atoms with Crippen molar-refractivity contribution in [2.75, 3.05) is 33.4 Å². The molecule has 0 unspecified atom stereocenters. The van der Waals surface area contributed by atoms with Crippen LogP contribution in [0.1, 0.15) is 58.8 Å². The number of hydrogen-bond donors (Lipinski definition) is 0. The van der Waals surface area contributed by atoms with Crippen LogP contribution in [0.2, 0.25) is 0 Å². The molecular formula is C25H38N2O3. The predicted octanol–water partition coefficient (Wildman–Crippen LogP) is 3.49. The van der Waals surface area contributed by atoms with E-state index in [0.717, 1.165) is 37.8 Å². The zero-order valence-corrected chi connectivity index (χ0v) is 18.9. The molecule has 0 bridgehead atoms. The van der Waals surface area contributed by atoms with Crippen LogP contribution >= 0.6 is 0 Å². The number of morpholine rings is 1. The van der Waals surface area contributed by atoms with Crippen LogP contribution in [0.3, 0.4) is 0 Å². The second-order valence-corrected chi connectivity index (χ2v) is 11.1. The second kappa shape index (κ2) is 7.36. The van der Waals surface area contributed by atoms with Crippen LogP contribution in [0.4, 0.5) is 0 Å². The maximum Gasteiger partial charge on any atom is 0.246 e. The van der Waals surface area contributed by atoms with Crippen molar-refractivity contribution in [2.24, 2.45) is 34.5 Å². The van der Waals surface area contributed by atoms with Crippen LogP contribution in [0.5, 0.6) is 0 Å². The molecule has 0 N–H and O–H groups in total. The molecule has 3 saturated carbocycles. The van der Waals surface area contributed by atoms with E-state index in [1.54, 1.807) is 0 Å². The number of nitrogens with zero attached hydrogens (tertiary/aromatic N) is 2. The lowest BCUT2D eigenvalue weighted by atomic mass is 9.47. The minimum Gasteiger partial charge on any atom is -0.378 e. The highest BCUT2D eigenvalue weighted by Crippen LogP contribution is 2.66. The number of likely N-dealkylation sites (N-methyl/N-ethyl adjacent to an activating group) is 1. The van der Waals surface area contributed by atoms with Crippen molar-refractivity contribution in [3.8, 4) is 0 Å². The molecule has 1 saturated heterocycles. The summed E-state index contributed by atoms with van der Waals surface area (Å²) in [5.74, 6) is 3.16. The molecule has 0 aromatic carbocycles. The number of carbonyl (C=O) groups excluding carboxylic acids is 2. The third-order valence-corrected chi connectivity index (χ3v) is 10.1. The van der Waals surface area contributed by atoms with Gasteiger partial charge in [0.25, 0.3) is 0 Å². The summed E-state index contributed by atoms with van der Waals surface area (Å²) in [6.45, 7) is 7.79. The van der Waals surface area contributed by atoms with E-state index in [1.807, 2.05) is 22.9 Å². The topological polar surface area (TPSA) is 49.9 Å². The van der Waals surface area contributed by atoms with Crippen LogP contribution in [-0.4, -0.2) is 61.0 Å². The molecule has 5 rings (SSSR count). The third-order valence-electron chi connectivity index (χ3n) is 10.1. The molecule has 30 heavy (non-hydrogen) atoms. The Bertz CT molecular complexity index is 745. The van der Waals surface area contributed by atoms with Gasteiger partial charge in [-0.2, -0.15) is 0 Å². The van der Waals surface area contributed by atoms with E-state index in [4.69, 9.17) is 4.74 Å². The number of hydrogen-bond acceptors (Lipinski definition) is 3. The van der Waals surface area contributed by atoms with E-state index in [9.17, 15) is 9.59 Å². The summed E-state index contributed by atoms with van der Waals surface area (Å²) in [6.07, 6.45) is 12.1. The normalized spacial score (nSPS) is 45.7. The van der Waals surface area contributed by atoms with Crippen molar-refractivity contribution in [3.05, 3.63) is 12.2 Å². The monoisotopic (exact) mass is 414 g/mol. The van der Waals surface area contributed by atoms with Crippen LogP contribution in [0.15, 0.2) is 12.2 Å². The molecule has 0 aromatic heterocycles. The fraction of sp³-hybridized carbons (Fsp3) is 0.840. The minimum absolute atomic E-state index is 0.106. The van der Waals surface area contributed by atoms with Gasteiger partial charge in [-0.15, -0.1) is 0 Å². The average molecular weight is 415 g/mol. The molecule has 2 amide bonds. The lowest BCUT2D eigenvalue weighted by molar-refractivity contribution is -0.141. The van der Waals surface area contributed by atoms with E-state index in [-0.39, 0.29) is 11.3 Å². The molecule has 166 valence electrons. The molecule has 0 radical (unpaired) electrons. The van der Waals surface area contributed by atoms with Crippen molar-refractivity contribution >= 4 is 11.8 Å². The largest absolute Gasteiger partial charge is 0.378 e. The highest BCUT2D eigenvalue weighted by atomic mass is 16.5. The Labute approximate surface area is 181 Å². The fourth-order valence-electron chi connectivity index (χ4n) is 8.34. The number of carbonyl (C=O) groups is 2. The molecular weight excluding hydrogens is 376 g/mol. The van der Waals surface area contributed by atoms with Gasteiger partial charge in [0.15, 0.2) is 0 Å². The zero-order chi connectivity index (χ0) is 21.1. The van der Waals surface area contributed by atoms with Gasteiger partial charge in [-0.25, -0.2) is 0 Å². The van der Waals surface area contributed by atoms with Crippen molar-refractivity contribution in [1.82, 2.24) is 9.80 Å². The fourth-order valence-corrected chi connectivity index (χ4v) is 8.34. The third kappa shape index (κ3) is 2.98. The Balaban J connectivity index is 1.33. The van der Waals surface area contributed by atoms with Crippen LogP contribution < -0.4 is 0 Å². The molecule has 5 aliphatic rings. The van der Waals surface area contributed by atoms with Crippen molar-refractivity contribution < 1.29 is 14.3 Å². The Morgan fingerprint density at radius 1 is 1.10 bits per heavy atom. The predicted molar refractivity (Wildman–Crippen MR) is 116 cm³/mol. The van der Waals surface area contributed by atoms with Gasteiger partial charge in [0.05, 0.1) is 13.2 Å². The van der Waals surface area contributed by atoms with E-state index in [1.165, 1.54) is 32.1 Å². The highest BCUT2D eigenvalue weighted by Gasteiger charge is 2.60. The Hall–Kier alpha value is -1.36. The van der Waals surface area contributed by atoms with Gasteiger partial charge in [0.1, 0.15) is 0 Å². The van der Waals surface area contributed by atoms with Crippen LogP contribution in [-0.2, 0) is 14.3 Å². The average Bonchev–Trinajstić information content (AvgIpc) is 3.08. The summed E-state index contributed by atoms with van der Waals surface area (Å²) in [5.41, 5.74) is 0.404. The maximum atomic E-state index is 13.0. The summed E-state index contributed by atoms with van der Waals surface area (Å²) in [4.78, 5) is 29.3. The van der Waals surface area contributed by atoms with Crippen LogP contribution in [0, 0.1) is 34.5 Å². The first-order valence-electron chi connectivity index (χ1n) is 12.2. The first-order chi connectivity index (χ1) is 14.3. The van der Waals surface area contributed by atoms with E-state index >= 15 is 0 Å². The molecule has 0 aromatic rings. The molecule has 0 spiro atoms. The standard InChI is InChI=1S/C25H38N2O3/c1-24-10-8-20-18(5-7-21-25(20,2)11-9-22(28)26(21)3)19(24)6-4-17(24)16-23(29)27-12-14-30-15-13-27/h9,11,17-21H,4-8,10,12-16H2,1-3H3/t17-,18+,19+,20+,21-,24-,25-/m1/s1. The lowest BCUT2D eigenvalue weighted by Crippen LogP contribution is -2.59. The Morgan fingerprint density at radius 2 is 1.87 bits per heavy atom. The van der Waals surface area contributed by atoms with Crippen LogP contribution in [0.25, 0.3) is 0 Å². The van der Waals surface area contributed by atoms with Gasteiger partial charge in [-0.3, -0.25) is 9.59 Å². The number of fused-ring (bicyclic) bond motifs is 5. The number of rotatable bonds is 2. The molecule has 2 heterocycles.